The Bertz CT molecular complexity index is 866. The maximum Gasteiger partial charge on any atom is 0.257 e. The summed E-state index contributed by atoms with van der Waals surface area (Å²) in [6.07, 6.45) is 5.47. The maximum absolute atomic E-state index is 12.9. The van der Waals surface area contributed by atoms with E-state index in [1.165, 1.54) is 5.69 Å². The van der Waals surface area contributed by atoms with Crippen LogP contribution < -0.4 is 4.90 Å². The van der Waals surface area contributed by atoms with Crippen molar-refractivity contribution in [1.82, 2.24) is 14.9 Å². The van der Waals surface area contributed by atoms with Gasteiger partial charge >= 0.3 is 0 Å². The van der Waals surface area contributed by atoms with Gasteiger partial charge in [-0.15, -0.1) is 0 Å². The molecule has 5 heteroatoms. The van der Waals surface area contributed by atoms with Crippen molar-refractivity contribution < 1.29 is 4.79 Å². The number of H-pyrrole nitrogens is 1. The molecule has 0 saturated carbocycles. The van der Waals surface area contributed by atoms with E-state index in [0.717, 1.165) is 37.0 Å². The number of nitrogens with zero attached hydrogens (tertiary/aromatic N) is 3. The number of hydrogen-bond acceptors (Lipinski definition) is 3. The zero-order chi connectivity index (χ0) is 17.2. The topological polar surface area (TPSA) is 52.2 Å². The van der Waals surface area contributed by atoms with Crippen molar-refractivity contribution in [2.75, 3.05) is 25.0 Å². The lowest BCUT2D eigenvalue weighted by Gasteiger charge is -2.37. The molecule has 0 bridgehead atoms. The zero-order valence-electron chi connectivity index (χ0n) is 14.4. The number of piperidine rings is 1. The normalized spacial score (nSPS) is 15.5. The summed E-state index contributed by atoms with van der Waals surface area (Å²) < 4.78 is 0. The quantitative estimate of drug-likeness (QED) is 0.799. The largest absolute Gasteiger partial charge is 0.371 e. The lowest BCUT2D eigenvalue weighted by Crippen LogP contribution is -2.45. The third kappa shape index (κ3) is 2.97. The number of carbonyl (C=O) groups excluding carboxylic acids is 1. The number of likely N-dealkylation sites (tertiary alicyclic amines) is 1. The van der Waals surface area contributed by atoms with Crippen LogP contribution in [-0.2, 0) is 0 Å². The smallest absolute Gasteiger partial charge is 0.257 e. The van der Waals surface area contributed by atoms with E-state index in [-0.39, 0.29) is 5.91 Å². The van der Waals surface area contributed by atoms with Gasteiger partial charge in [0.15, 0.2) is 0 Å². The number of para-hydroxylation sites is 1. The third-order valence-corrected chi connectivity index (χ3v) is 5.13. The van der Waals surface area contributed by atoms with Gasteiger partial charge in [0.25, 0.3) is 5.91 Å². The fraction of sp³-hybridized carbons (Fsp3) is 0.300. The molecule has 1 aliphatic rings. The Hall–Kier alpha value is -2.82. The van der Waals surface area contributed by atoms with Crippen LogP contribution in [0.1, 0.15) is 23.2 Å². The standard InChI is InChI=1S/C20H22N4O/c1-23(15-6-3-2-4-7-15)16-9-12-24(13-10-16)20(25)17-14-22-18-8-5-11-21-19(17)18/h2-8,11,14,16,22H,9-10,12-13H2,1H3. The molecule has 1 saturated heterocycles. The Kier molecular flexibility index (Phi) is 4.14. The average molecular weight is 334 g/mol. The Morgan fingerprint density at radius 3 is 2.68 bits per heavy atom. The molecule has 0 radical (unpaired) electrons. The molecular weight excluding hydrogens is 312 g/mol. The number of aromatic nitrogens is 2. The fourth-order valence-corrected chi connectivity index (χ4v) is 3.62. The van der Waals surface area contributed by atoms with Gasteiger partial charge in [0, 0.05) is 44.3 Å². The van der Waals surface area contributed by atoms with Gasteiger partial charge in [0.2, 0.25) is 0 Å². The molecule has 128 valence electrons. The predicted molar refractivity (Wildman–Crippen MR) is 99.9 cm³/mol. The molecule has 3 aromatic rings. The second-order valence-electron chi connectivity index (χ2n) is 6.57. The van der Waals surface area contributed by atoms with Crippen LogP contribution in [0.15, 0.2) is 54.9 Å². The van der Waals surface area contributed by atoms with E-state index < -0.39 is 0 Å². The van der Waals surface area contributed by atoms with Gasteiger partial charge in [-0.25, -0.2) is 0 Å². The molecule has 0 unspecified atom stereocenters. The summed E-state index contributed by atoms with van der Waals surface area (Å²) in [7, 11) is 2.14. The molecule has 2 aromatic heterocycles. The van der Waals surface area contributed by atoms with Crippen LogP contribution in [0.5, 0.6) is 0 Å². The number of aromatic amines is 1. The molecule has 0 atom stereocenters. The van der Waals surface area contributed by atoms with Crippen LogP contribution in [0, 0.1) is 0 Å². The van der Waals surface area contributed by atoms with Crippen LogP contribution in [0.2, 0.25) is 0 Å². The Labute approximate surface area is 147 Å². The third-order valence-electron chi connectivity index (χ3n) is 5.13. The van der Waals surface area contributed by atoms with Crippen molar-refractivity contribution in [3.63, 3.8) is 0 Å². The monoisotopic (exact) mass is 334 g/mol. The van der Waals surface area contributed by atoms with Gasteiger partial charge in [-0.1, -0.05) is 18.2 Å². The number of hydrogen-bond donors (Lipinski definition) is 1. The van der Waals surface area contributed by atoms with Crippen molar-refractivity contribution in [2.24, 2.45) is 0 Å². The SMILES string of the molecule is CN(c1ccccc1)C1CCN(C(=O)c2c[nH]c3cccnc23)CC1. The summed E-state index contributed by atoms with van der Waals surface area (Å²) in [4.78, 5) is 24.6. The number of rotatable bonds is 3. The molecule has 1 N–H and O–H groups in total. The molecular formula is C20H22N4O. The van der Waals surface area contributed by atoms with Gasteiger partial charge in [-0.2, -0.15) is 0 Å². The van der Waals surface area contributed by atoms with Crippen molar-refractivity contribution in [2.45, 2.75) is 18.9 Å². The van der Waals surface area contributed by atoms with Crippen LogP contribution >= 0.6 is 0 Å². The first-order valence-corrected chi connectivity index (χ1v) is 8.73. The minimum Gasteiger partial charge on any atom is -0.371 e. The minimum atomic E-state index is 0.0748. The highest BCUT2D eigenvalue weighted by molar-refractivity contribution is 6.05. The summed E-state index contributed by atoms with van der Waals surface area (Å²) in [6, 6.07) is 14.7. The first-order valence-electron chi connectivity index (χ1n) is 8.73. The highest BCUT2D eigenvalue weighted by Crippen LogP contribution is 2.24. The van der Waals surface area contributed by atoms with E-state index in [4.69, 9.17) is 0 Å². The summed E-state index contributed by atoms with van der Waals surface area (Å²) in [5.74, 6) is 0.0748. The lowest BCUT2D eigenvalue weighted by molar-refractivity contribution is 0.0715. The Morgan fingerprint density at radius 1 is 1.16 bits per heavy atom. The Balaban J connectivity index is 1.44. The first kappa shape index (κ1) is 15.7. The fourth-order valence-electron chi connectivity index (χ4n) is 3.62. The number of amides is 1. The lowest BCUT2D eigenvalue weighted by atomic mass is 10.0. The van der Waals surface area contributed by atoms with E-state index in [0.29, 0.717) is 11.6 Å². The molecule has 1 aromatic carbocycles. The van der Waals surface area contributed by atoms with E-state index in [1.54, 1.807) is 12.4 Å². The number of fused-ring (bicyclic) bond motifs is 1. The number of benzene rings is 1. The number of nitrogens with one attached hydrogen (secondary N) is 1. The summed E-state index contributed by atoms with van der Waals surface area (Å²) in [5, 5.41) is 0. The van der Waals surface area contributed by atoms with Crippen LogP contribution in [0.25, 0.3) is 11.0 Å². The van der Waals surface area contributed by atoms with E-state index in [2.05, 4.69) is 46.2 Å². The van der Waals surface area contributed by atoms with Crippen molar-refractivity contribution in [1.29, 1.82) is 0 Å². The first-order chi connectivity index (χ1) is 12.2. The Morgan fingerprint density at radius 2 is 1.92 bits per heavy atom. The van der Waals surface area contributed by atoms with E-state index in [9.17, 15) is 4.79 Å². The second kappa shape index (κ2) is 6.59. The predicted octanol–water partition coefficient (Wildman–Crippen LogP) is 3.30. The minimum absolute atomic E-state index is 0.0748. The highest BCUT2D eigenvalue weighted by Gasteiger charge is 2.27. The van der Waals surface area contributed by atoms with Crippen molar-refractivity contribution in [3.05, 3.63) is 60.4 Å². The van der Waals surface area contributed by atoms with Gasteiger partial charge in [0.1, 0.15) is 5.52 Å². The average Bonchev–Trinajstić information content (AvgIpc) is 3.12. The summed E-state index contributed by atoms with van der Waals surface area (Å²) in [6.45, 7) is 1.56. The summed E-state index contributed by atoms with van der Waals surface area (Å²) >= 11 is 0. The maximum atomic E-state index is 12.9. The van der Waals surface area contributed by atoms with Crippen molar-refractivity contribution in [3.8, 4) is 0 Å². The molecule has 1 fully saturated rings. The number of carbonyl (C=O) groups is 1. The summed E-state index contributed by atoms with van der Waals surface area (Å²) in [5.41, 5.74) is 3.57. The van der Waals surface area contributed by atoms with E-state index in [1.807, 2.05) is 23.1 Å². The molecule has 4 rings (SSSR count). The van der Waals surface area contributed by atoms with Gasteiger partial charge < -0.3 is 14.8 Å². The molecule has 25 heavy (non-hydrogen) atoms. The van der Waals surface area contributed by atoms with Crippen LogP contribution in [0.3, 0.4) is 0 Å². The van der Waals surface area contributed by atoms with Crippen molar-refractivity contribution >= 4 is 22.6 Å². The molecule has 0 aliphatic carbocycles. The van der Waals surface area contributed by atoms with Gasteiger partial charge in [-0.3, -0.25) is 9.78 Å². The van der Waals surface area contributed by atoms with E-state index >= 15 is 0 Å². The van der Waals surface area contributed by atoms with Gasteiger partial charge in [0.05, 0.1) is 11.1 Å². The zero-order valence-corrected chi connectivity index (χ0v) is 14.4. The molecule has 1 amide bonds. The van der Waals surface area contributed by atoms with Crippen LogP contribution in [-0.4, -0.2) is 47.0 Å². The molecule has 5 nitrogen and oxygen atoms in total. The molecule has 0 spiro atoms. The molecule has 1 aliphatic heterocycles. The van der Waals surface area contributed by atoms with Crippen LogP contribution in [0.4, 0.5) is 5.69 Å². The molecule has 3 heterocycles. The van der Waals surface area contributed by atoms with Gasteiger partial charge in [-0.05, 0) is 37.1 Å². The number of pyridine rings is 1. The second-order valence-corrected chi connectivity index (χ2v) is 6.57. The highest BCUT2D eigenvalue weighted by atomic mass is 16.2. The number of anilines is 1.